The second kappa shape index (κ2) is 6.75. The summed E-state index contributed by atoms with van der Waals surface area (Å²) in [6.07, 6.45) is 0. The Bertz CT molecular complexity index is 692. The first-order valence-electron chi connectivity index (χ1n) is 7.47. The normalized spacial score (nSPS) is 11.1. The van der Waals surface area contributed by atoms with Crippen LogP contribution in [-0.4, -0.2) is 28.9 Å². The van der Waals surface area contributed by atoms with Crippen LogP contribution in [0.15, 0.2) is 48.5 Å². The molecule has 0 heterocycles. The van der Waals surface area contributed by atoms with E-state index >= 15 is 0 Å². The third-order valence-corrected chi connectivity index (χ3v) is 3.39. The quantitative estimate of drug-likeness (QED) is 0.832. The van der Waals surface area contributed by atoms with Gasteiger partial charge in [0.15, 0.2) is 11.6 Å². The van der Waals surface area contributed by atoms with Gasteiger partial charge in [-0.15, -0.1) is 0 Å². The Hall–Kier alpha value is -2.46. The van der Waals surface area contributed by atoms with Crippen molar-refractivity contribution in [2.45, 2.75) is 26.4 Å². The lowest BCUT2D eigenvalue weighted by Gasteiger charge is -2.15. The number of hydrogen-bond donors (Lipinski definition) is 1. The topological polar surface area (TPSA) is 63.6 Å². The van der Waals surface area contributed by atoms with E-state index in [1.807, 2.05) is 6.92 Å². The second-order valence-corrected chi connectivity index (χ2v) is 5.75. The monoisotopic (exact) mass is 312 g/mol. The fourth-order valence-electron chi connectivity index (χ4n) is 2.16. The summed E-state index contributed by atoms with van der Waals surface area (Å²) in [5, 5.41) is 9.74. The van der Waals surface area contributed by atoms with Crippen molar-refractivity contribution in [1.29, 1.82) is 0 Å². The first kappa shape index (κ1) is 16.9. The Kier molecular flexibility index (Phi) is 4.96. The third kappa shape index (κ3) is 4.05. The number of carbonyl (C=O) groups is 2. The molecule has 0 saturated carbocycles. The maximum absolute atomic E-state index is 12.4. The fourth-order valence-corrected chi connectivity index (χ4v) is 2.16. The zero-order valence-electron chi connectivity index (χ0n) is 13.5. The highest BCUT2D eigenvalue weighted by Gasteiger charge is 2.25. The Morgan fingerprint density at radius 3 is 1.78 bits per heavy atom. The highest BCUT2D eigenvalue weighted by molar-refractivity contribution is 6.10. The summed E-state index contributed by atoms with van der Waals surface area (Å²) in [5.74, 6) is 0.211. The van der Waals surface area contributed by atoms with Crippen LogP contribution in [0.25, 0.3) is 0 Å². The molecule has 0 aliphatic heterocycles. The minimum absolute atomic E-state index is 0.129. The van der Waals surface area contributed by atoms with E-state index in [-0.39, 0.29) is 11.6 Å². The standard InChI is InChI=1S/C19H20O4/c1-4-23-16-11-9-14(10-12-16)17(20)13-5-7-15(8-6-13)18(21)19(2,3)22/h5-12,22H,4H2,1-3H3. The van der Waals surface area contributed by atoms with E-state index in [9.17, 15) is 14.7 Å². The first-order valence-corrected chi connectivity index (χ1v) is 7.47. The van der Waals surface area contributed by atoms with Gasteiger partial charge < -0.3 is 9.84 Å². The van der Waals surface area contributed by atoms with Crippen LogP contribution >= 0.6 is 0 Å². The molecule has 0 amide bonds. The van der Waals surface area contributed by atoms with Gasteiger partial charge >= 0.3 is 0 Å². The summed E-state index contributed by atoms with van der Waals surface area (Å²) in [6, 6.07) is 13.2. The largest absolute Gasteiger partial charge is 0.494 e. The molecule has 0 atom stereocenters. The minimum Gasteiger partial charge on any atom is -0.494 e. The summed E-state index contributed by atoms with van der Waals surface area (Å²) in [7, 11) is 0. The Morgan fingerprint density at radius 2 is 1.35 bits per heavy atom. The first-order chi connectivity index (χ1) is 10.8. The van der Waals surface area contributed by atoms with E-state index < -0.39 is 5.60 Å². The molecule has 2 rings (SSSR count). The smallest absolute Gasteiger partial charge is 0.193 e. The predicted molar refractivity (Wildman–Crippen MR) is 88.1 cm³/mol. The zero-order chi connectivity index (χ0) is 17.0. The summed E-state index contributed by atoms with van der Waals surface area (Å²) >= 11 is 0. The molecular formula is C19H20O4. The van der Waals surface area contributed by atoms with Gasteiger partial charge in [0, 0.05) is 16.7 Å². The Balaban J connectivity index is 2.18. The van der Waals surface area contributed by atoms with Gasteiger partial charge in [-0.25, -0.2) is 0 Å². The number of ketones is 2. The van der Waals surface area contributed by atoms with Gasteiger partial charge in [-0.1, -0.05) is 24.3 Å². The number of ether oxygens (including phenoxy) is 1. The molecule has 0 fully saturated rings. The molecule has 0 unspecified atom stereocenters. The van der Waals surface area contributed by atoms with E-state index in [0.717, 1.165) is 5.75 Å². The molecule has 1 N–H and O–H groups in total. The number of rotatable bonds is 6. The molecule has 2 aromatic rings. The van der Waals surface area contributed by atoms with E-state index in [2.05, 4.69) is 0 Å². The molecule has 0 radical (unpaired) electrons. The molecule has 0 bridgehead atoms. The molecule has 4 nitrogen and oxygen atoms in total. The van der Waals surface area contributed by atoms with E-state index in [4.69, 9.17) is 4.74 Å². The van der Waals surface area contributed by atoms with Gasteiger partial charge in [-0.05, 0) is 45.0 Å². The molecule has 0 saturated heterocycles. The predicted octanol–water partition coefficient (Wildman–Crippen LogP) is 3.27. The average molecular weight is 312 g/mol. The van der Waals surface area contributed by atoms with Crippen molar-refractivity contribution in [2.24, 2.45) is 0 Å². The van der Waals surface area contributed by atoms with Gasteiger partial charge in [0.2, 0.25) is 0 Å². The van der Waals surface area contributed by atoms with Crippen LogP contribution in [0.5, 0.6) is 5.75 Å². The SMILES string of the molecule is CCOc1ccc(C(=O)c2ccc(C(=O)C(C)(C)O)cc2)cc1. The van der Waals surface area contributed by atoms with Crippen molar-refractivity contribution in [1.82, 2.24) is 0 Å². The minimum atomic E-state index is -1.43. The summed E-state index contributed by atoms with van der Waals surface area (Å²) < 4.78 is 5.35. The van der Waals surface area contributed by atoms with E-state index in [1.54, 1.807) is 48.5 Å². The molecule has 0 aliphatic rings. The molecule has 0 aromatic heterocycles. The van der Waals surface area contributed by atoms with E-state index in [1.165, 1.54) is 13.8 Å². The summed E-state index contributed by atoms with van der Waals surface area (Å²) in [5.41, 5.74) is -0.0158. The molecule has 2 aromatic carbocycles. The number of benzene rings is 2. The average Bonchev–Trinajstić information content (AvgIpc) is 2.54. The lowest BCUT2D eigenvalue weighted by Crippen LogP contribution is -2.31. The van der Waals surface area contributed by atoms with Crippen LogP contribution in [-0.2, 0) is 0 Å². The van der Waals surface area contributed by atoms with Crippen LogP contribution in [0, 0.1) is 0 Å². The number of aliphatic hydroxyl groups is 1. The molecule has 120 valence electrons. The maximum atomic E-state index is 12.4. The maximum Gasteiger partial charge on any atom is 0.193 e. The lowest BCUT2D eigenvalue weighted by atomic mass is 9.95. The molecule has 0 spiro atoms. The van der Waals surface area contributed by atoms with Gasteiger partial charge in [-0.2, -0.15) is 0 Å². The van der Waals surface area contributed by atoms with E-state index in [0.29, 0.717) is 23.3 Å². The van der Waals surface area contributed by atoms with Crippen molar-refractivity contribution in [3.8, 4) is 5.75 Å². The van der Waals surface area contributed by atoms with Crippen LogP contribution in [0.1, 0.15) is 47.1 Å². The Morgan fingerprint density at radius 1 is 0.913 bits per heavy atom. The fraction of sp³-hybridized carbons (Fsp3) is 0.263. The van der Waals surface area contributed by atoms with Crippen molar-refractivity contribution in [2.75, 3.05) is 6.61 Å². The van der Waals surface area contributed by atoms with Crippen molar-refractivity contribution in [3.05, 3.63) is 65.2 Å². The summed E-state index contributed by atoms with van der Waals surface area (Å²) in [4.78, 5) is 24.4. The van der Waals surface area contributed by atoms with Gasteiger partial charge in [0.1, 0.15) is 11.4 Å². The second-order valence-electron chi connectivity index (χ2n) is 5.75. The molecular weight excluding hydrogens is 292 g/mol. The number of Topliss-reactive ketones (excluding diaryl/α,β-unsaturated/α-hetero) is 1. The molecule has 0 aliphatic carbocycles. The molecule has 4 heteroatoms. The highest BCUT2D eigenvalue weighted by atomic mass is 16.5. The van der Waals surface area contributed by atoms with Crippen molar-refractivity contribution < 1.29 is 19.4 Å². The number of hydrogen-bond acceptors (Lipinski definition) is 4. The van der Waals surface area contributed by atoms with Gasteiger partial charge in [0.05, 0.1) is 6.61 Å². The number of carbonyl (C=O) groups excluding carboxylic acids is 2. The lowest BCUT2D eigenvalue weighted by molar-refractivity contribution is 0.0488. The van der Waals surface area contributed by atoms with Crippen molar-refractivity contribution >= 4 is 11.6 Å². The van der Waals surface area contributed by atoms with Crippen LogP contribution in [0.3, 0.4) is 0 Å². The molecule has 23 heavy (non-hydrogen) atoms. The zero-order valence-corrected chi connectivity index (χ0v) is 13.5. The van der Waals surface area contributed by atoms with Crippen LogP contribution in [0.2, 0.25) is 0 Å². The van der Waals surface area contributed by atoms with Crippen LogP contribution in [0.4, 0.5) is 0 Å². The Labute approximate surface area is 135 Å². The summed E-state index contributed by atoms with van der Waals surface area (Å²) in [6.45, 7) is 5.35. The van der Waals surface area contributed by atoms with Crippen molar-refractivity contribution in [3.63, 3.8) is 0 Å². The third-order valence-electron chi connectivity index (χ3n) is 3.39. The van der Waals surface area contributed by atoms with Gasteiger partial charge in [0.25, 0.3) is 0 Å². The highest BCUT2D eigenvalue weighted by Crippen LogP contribution is 2.18. The van der Waals surface area contributed by atoms with Gasteiger partial charge in [-0.3, -0.25) is 9.59 Å². The van der Waals surface area contributed by atoms with Crippen LogP contribution < -0.4 is 4.74 Å².